The molecule has 3 aliphatic carbocycles. The van der Waals surface area contributed by atoms with Gasteiger partial charge in [-0.25, -0.2) is 0 Å². The van der Waals surface area contributed by atoms with Gasteiger partial charge in [0.05, 0.1) is 0 Å². The van der Waals surface area contributed by atoms with Gasteiger partial charge in [0.2, 0.25) is 5.91 Å². The van der Waals surface area contributed by atoms with Crippen LogP contribution in [0.25, 0.3) is 0 Å². The number of amides is 1. The van der Waals surface area contributed by atoms with Crippen LogP contribution in [0.1, 0.15) is 65.7 Å². The van der Waals surface area contributed by atoms with E-state index >= 15 is 0 Å². The molecule has 0 aromatic rings. The van der Waals surface area contributed by atoms with Crippen molar-refractivity contribution in [2.24, 2.45) is 21.4 Å². The van der Waals surface area contributed by atoms with E-state index in [0.29, 0.717) is 12.8 Å². The lowest BCUT2D eigenvalue weighted by Crippen LogP contribution is -2.53. The number of Topliss-reactive ketones (excluding diaryl/α,β-unsaturated/α-hetero) is 1. The van der Waals surface area contributed by atoms with Gasteiger partial charge in [-0.15, -0.1) is 0 Å². The van der Waals surface area contributed by atoms with Gasteiger partial charge in [0.25, 0.3) is 0 Å². The SMILES string of the molecule is CC12CCC(C(=O)NC3CCCCC3)(C(=O)/C1=N\O)C2(C)C. The number of carbonyl (C=O) groups excluding carboxylic acids is 2. The van der Waals surface area contributed by atoms with Crippen molar-refractivity contribution >= 4 is 17.4 Å². The largest absolute Gasteiger partial charge is 0.411 e. The van der Waals surface area contributed by atoms with Crippen LogP contribution in [0.2, 0.25) is 0 Å². The number of nitrogens with one attached hydrogen (secondary N) is 1. The molecule has 2 unspecified atom stereocenters. The lowest BCUT2D eigenvalue weighted by atomic mass is 9.64. The second-order valence-corrected chi connectivity index (χ2v) is 7.95. The Morgan fingerprint density at radius 2 is 1.82 bits per heavy atom. The molecule has 0 aromatic heterocycles. The molecule has 5 heteroatoms. The van der Waals surface area contributed by atoms with E-state index in [1.807, 2.05) is 20.8 Å². The van der Waals surface area contributed by atoms with Crippen molar-refractivity contribution in [2.45, 2.75) is 71.8 Å². The highest BCUT2D eigenvalue weighted by Crippen LogP contribution is 2.69. The number of hydrogen-bond acceptors (Lipinski definition) is 4. The van der Waals surface area contributed by atoms with Crippen LogP contribution in [0.4, 0.5) is 0 Å². The average Bonchev–Trinajstić information content (AvgIpc) is 2.76. The summed E-state index contributed by atoms with van der Waals surface area (Å²) in [7, 11) is 0. The topological polar surface area (TPSA) is 78.8 Å². The number of rotatable bonds is 2. The summed E-state index contributed by atoms with van der Waals surface area (Å²) in [5.41, 5.74) is -1.94. The summed E-state index contributed by atoms with van der Waals surface area (Å²) in [6.07, 6.45) is 6.74. The molecule has 0 radical (unpaired) electrons. The van der Waals surface area contributed by atoms with Gasteiger partial charge in [-0.3, -0.25) is 9.59 Å². The fourth-order valence-electron chi connectivity index (χ4n) is 5.01. The fraction of sp³-hybridized carbons (Fsp3) is 0.824. The first-order valence-corrected chi connectivity index (χ1v) is 8.39. The van der Waals surface area contributed by atoms with E-state index in [1.54, 1.807) is 0 Å². The van der Waals surface area contributed by atoms with Crippen LogP contribution in [-0.2, 0) is 9.59 Å². The van der Waals surface area contributed by atoms with Gasteiger partial charge < -0.3 is 10.5 Å². The Kier molecular flexibility index (Phi) is 3.38. The number of ketones is 1. The van der Waals surface area contributed by atoms with Gasteiger partial charge >= 0.3 is 0 Å². The quantitative estimate of drug-likeness (QED) is 0.467. The average molecular weight is 306 g/mol. The Hall–Kier alpha value is -1.39. The molecule has 1 amide bonds. The minimum Gasteiger partial charge on any atom is -0.411 e. The number of oxime groups is 1. The van der Waals surface area contributed by atoms with Crippen LogP contribution in [0.15, 0.2) is 5.16 Å². The highest BCUT2D eigenvalue weighted by Gasteiger charge is 2.76. The lowest BCUT2D eigenvalue weighted by Gasteiger charge is -2.38. The van der Waals surface area contributed by atoms with E-state index in [2.05, 4.69) is 10.5 Å². The summed E-state index contributed by atoms with van der Waals surface area (Å²) in [4.78, 5) is 25.9. The number of fused-ring (bicyclic) bond motifs is 2. The smallest absolute Gasteiger partial charge is 0.234 e. The molecule has 0 saturated heterocycles. The zero-order chi connectivity index (χ0) is 16.2. The molecule has 5 nitrogen and oxygen atoms in total. The maximum Gasteiger partial charge on any atom is 0.234 e. The molecule has 3 saturated carbocycles. The van der Waals surface area contributed by atoms with Gasteiger partial charge in [0.15, 0.2) is 5.78 Å². The predicted octanol–water partition coefficient (Wildman–Crippen LogP) is 2.66. The van der Waals surface area contributed by atoms with E-state index in [9.17, 15) is 14.8 Å². The van der Waals surface area contributed by atoms with E-state index in [1.165, 1.54) is 6.42 Å². The van der Waals surface area contributed by atoms with Gasteiger partial charge in [-0.2, -0.15) is 0 Å². The Balaban J connectivity index is 1.94. The van der Waals surface area contributed by atoms with Gasteiger partial charge in [-0.1, -0.05) is 45.2 Å². The summed E-state index contributed by atoms with van der Waals surface area (Å²) in [5, 5.41) is 15.7. The highest BCUT2D eigenvalue weighted by atomic mass is 16.4. The molecule has 2 N–H and O–H groups in total. The first-order valence-electron chi connectivity index (χ1n) is 8.39. The molecule has 3 aliphatic rings. The second-order valence-electron chi connectivity index (χ2n) is 7.95. The number of carbonyl (C=O) groups is 2. The predicted molar refractivity (Wildman–Crippen MR) is 82.8 cm³/mol. The molecule has 3 fully saturated rings. The number of nitrogens with zero attached hydrogens (tertiary/aromatic N) is 1. The maximum absolute atomic E-state index is 13.1. The molecule has 0 aliphatic heterocycles. The van der Waals surface area contributed by atoms with Gasteiger partial charge in [0.1, 0.15) is 11.1 Å². The van der Waals surface area contributed by atoms with Gasteiger partial charge in [0, 0.05) is 11.5 Å². The van der Waals surface area contributed by atoms with E-state index < -0.39 is 16.2 Å². The molecule has 0 spiro atoms. The van der Waals surface area contributed by atoms with E-state index in [-0.39, 0.29) is 23.4 Å². The molecule has 122 valence electrons. The van der Waals surface area contributed by atoms with Crippen molar-refractivity contribution in [1.82, 2.24) is 5.32 Å². The summed E-state index contributed by atoms with van der Waals surface area (Å²) in [6.45, 7) is 5.88. The van der Waals surface area contributed by atoms with E-state index in [4.69, 9.17) is 0 Å². The molecule has 2 atom stereocenters. The first kappa shape index (κ1) is 15.5. The second kappa shape index (κ2) is 4.80. The summed E-state index contributed by atoms with van der Waals surface area (Å²) < 4.78 is 0. The van der Waals surface area contributed by atoms with Crippen LogP contribution in [0, 0.1) is 16.2 Å². The van der Waals surface area contributed by atoms with Crippen molar-refractivity contribution in [3.05, 3.63) is 0 Å². The molecule has 3 rings (SSSR count). The van der Waals surface area contributed by atoms with Crippen LogP contribution in [0.5, 0.6) is 0 Å². The highest BCUT2D eigenvalue weighted by molar-refractivity contribution is 6.50. The summed E-state index contributed by atoms with van der Waals surface area (Å²) >= 11 is 0. The number of hydrogen-bond donors (Lipinski definition) is 2. The third-order valence-corrected chi connectivity index (χ3v) is 7.00. The molecule has 2 bridgehead atoms. The zero-order valence-corrected chi connectivity index (χ0v) is 13.7. The van der Waals surface area contributed by atoms with Crippen molar-refractivity contribution in [1.29, 1.82) is 0 Å². The van der Waals surface area contributed by atoms with Crippen molar-refractivity contribution < 1.29 is 14.8 Å². The van der Waals surface area contributed by atoms with Crippen molar-refractivity contribution in [3.8, 4) is 0 Å². The first-order chi connectivity index (χ1) is 10.3. The minimum absolute atomic E-state index is 0.156. The Morgan fingerprint density at radius 3 is 2.36 bits per heavy atom. The Bertz CT molecular complexity index is 548. The minimum atomic E-state index is -1.07. The lowest BCUT2D eigenvalue weighted by molar-refractivity contribution is -0.144. The Labute approximate surface area is 131 Å². The fourth-order valence-corrected chi connectivity index (χ4v) is 5.01. The van der Waals surface area contributed by atoms with E-state index in [0.717, 1.165) is 25.7 Å². The molecule has 0 heterocycles. The summed E-state index contributed by atoms with van der Waals surface area (Å²) in [6, 6.07) is 0.182. The Morgan fingerprint density at radius 1 is 1.18 bits per heavy atom. The third kappa shape index (κ3) is 1.62. The molecule has 22 heavy (non-hydrogen) atoms. The van der Waals surface area contributed by atoms with Crippen molar-refractivity contribution in [3.63, 3.8) is 0 Å². The standard InChI is InChI=1S/C17H26N2O3/c1-15(2)16(3)9-10-17(15,13(20)12(16)19-22)14(21)18-11-7-5-4-6-8-11/h11,22H,4-10H2,1-3H3,(H,18,21)/b19-12+. The molecular weight excluding hydrogens is 280 g/mol. The normalized spacial score (nSPS) is 39.4. The zero-order valence-electron chi connectivity index (χ0n) is 13.7. The summed E-state index contributed by atoms with van der Waals surface area (Å²) in [5.74, 6) is -0.432. The van der Waals surface area contributed by atoms with Crippen LogP contribution >= 0.6 is 0 Å². The molecular formula is C17H26N2O3. The van der Waals surface area contributed by atoms with Crippen LogP contribution in [0.3, 0.4) is 0 Å². The third-order valence-electron chi connectivity index (χ3n) is 7.00. The molecule has 0 aromatic carbocycles. The maximum atomic E-state index is 13.1. The van der Waals surface area contributed by atoms with Gasteiger partial charge in [-0.05, 0) is 31.1 Å². The van der Waals surface area contributed by atoms with Crippen LogP contribution in [-0.4, -0.2) is 28.7 Å². The van der Waals surface area contributed by atoms with Crippen molar-refractivity contribution in [2.75, 3.05) is 0 Å². The van der Waals surface area contributed by atoms with Crippen LogP contribution < -0.4 is 5.32 Å². The monoisotopic (exact) mass is 306 g/mol.